The van der Waals surface area contributed by atoms with E-state index in [0.717, 1.165) is 96.6 Å². The highest BCUT2D eigenvalue weighted by atomic mass is 16.5. The molecule has 6 nitrogen and oxygen atoms in total. The van der Waals surface area contributed by atoms with E-state index in [0.29, 0.717) is 19.4 Å². The van der Waals surface area contributed by atoms with Gasteiger partial charge in [-0.2, -0.15) is 0 Å². The number of unbranched alkanes of at least 4 members (excludes halogenated alkanes) is 13. The van der Waals surface area contributed by atoms with E-state index in [1.54, 1.807) is 0 Å². The van der Waals surface area contributed by atoms with Crippen LogP contribution in [0.2, 0.25) is 0 Å². The van der Waals surface area contributed by atoms with E-state index < -0.39 is 0 Å². The molecule has 42 heavy (non-hydrogen) atoms. The van der Waals surface area contributed by atoms with E-state index >= 15 is 0 Å². The van der Waals surface area contributed by atoms with E-state index in [1.165, 1.54) is 57.8 Å². The van der Waals surface area contributed by atoms with Crippen LogP contribution in [0.5, 0.6) is 0 Å². The monoisotopic (exact) mass is 598 g/mol. The van der Waals surface area contributed by atoms with Gasteiger partial charge in [-0.25, -0.2) is 0 Å². The van der Waals surface area contributed by atoms with Crippen molar-refractivity contribution in [3.8, 4) is 0 Å². The van der Waals surface area contributed by atoms with Gasteiger partial charge in [0, 0.05) is 19.4 Å². The molecule has 0 aromatic carbocycles. The highest BCUT2D eigenvalue weighted by Crippen LogP contribution is 2.17. The first kappa shape index (κ1) is 40.9. The van der Waals surface area contributed by atoms with Crippen LogP contribution in [0.3, 0.4) is 0 Å². The Kier molecular flexibility index (Phi) is 30.4. The first-order valence-corrected chi connectivity index (χ1v) is 18.2. The molecule has 2 atom stereocenters. The summed E-state index contributed by atoms with van der Waals surface area (Å²) >= 11 is 0. The fourth-order valence-electron chi connectivity index (χ4n) is 5.55. The molecule has 0 heterocycles. The van der Waals surface area contributed by atoms with Crippen LogP contribution in [0.25, 0.3) is 0 Å². The predicted molar refractivity (Wildman–Crippen MR) is 177 cm³/mol. The molecular weight excluding hydrogens is 526 g/mol. The lowest BCUT2D eigenvalue weighted by atomic mass is 10.0. The summed E-state index contributed by atoms with van der Waals surface area (Å²) in [4.78, 5) is 27.1. The SMILES string of the molecule is CCCCCCCC(CC)OC(=O)CCCN(CCO)CCCCCCCC(=O)OC(CCCCC)CCCCCC. The van der Waals surface area contributed by atoms with Gasteiger partial charge in [0.05, 0.1) is 6.61 Å². The molecule has 6 heteroatoms. The summed E-state index contributed by atoms with van der Waals surface area (Å²) in [6, 6.07) is 0. The van der Waals surface area contributed by atoms with Gasteiger partial charge in [0.25, 0.3) is 0 Å². The Morgan fingerprint density at radius 1 is 0.524 bits per heavy atom. The molecule has 0 amide bonds. The average Bonchev–Trinajstić information content (AvgIpc) is 2.98. The quantitative estimate of drug-likeness (QED) is 0.0615. The fraction of sp³-hybridized carbons (Fsp3) is 0.944. The number of aliphatic hydroxyl groups excluding tert-OH is 1. The highest BCUT2D eigenvalue weighted by molar-refractivity contribution is 5.69. The molecule has 0 radical (unpaired) electrons. The van der Waals surface area contributed by atoms with Crippen LogP contribution in [0.4, 0.5) is 0 Å². The smallest absolute Gasteiger partial charge is 0.306 e. The standard InChI is InChI=1S/C36H71NO5/c1-5-9-12-15-20-24-33(8-4)41-36(40)28-23-30-37(31-32-38)29-22-17-14-16-21-27-35(39)42-34(25-18-11-7-3)26-19-13-10-6-2/h33-34,38H,5-32H2,1-4H3. The van der Waals surface area contributed by atoms with Crippen LogP contribution in [0.1, 0.15) is 182 Å². The van der Waals surface area contributed by atoms with Crippen LogP contribution in [-0.4, -0.2) is 60.4 Å². The van der Waals surface area contributed by atoms with Gasteiger partial charge in [0.15, 0.2) is 0 Å². The summed E-state index contributed by atoms with van der Waals surface area (Å²) in [6.45, 7) is 11.3. The number of hydrogen-bond donors (Lipinski definition) is 1. The lowest BCUT2D eigenvalue weighted by Crippen LogP contribution is -2.29. The van der Waals surface area contributed by atoms with Gasteiger partial charge in [-0.15, -0.1) is 0 Å². The predicted octanol–water partition coefficient (Wildman–Crippen LogP) is 9.55. The number of nitrogens with zero attached hydrogens (tertiary/aromatic N) is 1. The van der Waals surface area contributed by atoms with Crippen molar-refractivity contribution in [3.63, 3.8) is 0 Å². The molecule has 0 aromatic heterocycles. The third-order valence-corrected chi connectivity index (χ3v) is 8.32. The summed E-state index contributed by atoms with van der Waals surface area (Å²) < 4.78 is 11.6. The van der Waals surface area contributed by atoms with Gasteiger partial charge in [0.1, 0.15) is 12.2 Å². The number of aliphatic hydroxyl groups is 1. The van der Waals surface area contributed by atoms with E-state index in [2.05, 4.69) is 32.6 Å². The Morgan fingerprint density at radius 2 is 0.952 bits per heavy atom. The molecule has 0 aliphatic heterocycles. The van der Waals surface area contributed by atoms with Gasteiger partial charge >= 0.3 is 11.9 Å². The third-order valence-electron chi connectivity index (χ3n) is 8.32. The molecule has 0 fully saturated rings. The third kappa shape index (κ3) is 26.5. The summed E-state index contributed by atoms with van der Waals surface area (Å²) in [7, 11) is 0. The minimum Gasteiger partial charge on any atom is -0.462 e. The van der Waals surface area contributed by atoms with Crippen molar-refractivity contribution < 1.29 is 24.2 Å². The normalized spacial score (nSPS) is 12.9. The van der Waals surface area contributed by atoms with Crippen molar-refractivity contribution in [1.82, 2.24) is 4.90 Å². The van der Waals surface area contributed by atoms with Crippen molar-refractivity contribution >= 4 is 11.9 Å². The second-order valence-electron chi connectivity index (χ2n) is 12.4. The maximum absolute atomic E-state index is 12.4. The van der Waals surface area contributed by atoms with E-state index in [-0.39, 0.29) is 30.8 Å². The summed E-state index contributed by atoms with van der Waals surface area (Å²) in [5.74, 6) is -0.0986. The van der Waals surface area contributed by atoms with E-state index in [1.807, 2.05) is 0 Å². The summed E-state index contributed by atoms with van der Waals surface area (Å²) in [5, 5.41) is 9.47. The Balaban J connectivity index is 4.07. The second kappa shape index (κ2) is 31.3. The summed E-state index contributed by atoms with van der Waals surface area (Å²) in [6.07, 6.45) is 25.7. The van der Waals surface area contributed by atoms with Gasteiger partial charge in [-0.05, 0) is 77.3 Å². The first-order chi connectivity index (χ1) is 20.5. The van der Waals surface area contributed by atoms with Crippen molar-refractivity contribution in [2.75, 3.05) is 26.2 Å². The zero-order chi connectivity index (χ0) is 31.1. The van der Waals surface area contributed by atoms with Crippen LogP contribution in [-0.2, 0) is 19.1 Å². The molecule has 0 bridgehead atoms. The molecule has 0 saturated carbocycles. The highest BCUT2D eigenvalue weighted by Gasteiger charge is 2.15. The van der Waals surface area contributed by atoms with Crippen LogP contribution in [0.15, 0.2) is 0 Å². The molecular formula is C36H71NO5. The molecule has 0 aliphatic rings. The van der Waals surface area contributed by atoms with Gasteiger partial charge in [-0.1, -0.05) is 105 Å². The zero-order valence-corrected chi connectivity index (χ0v) is 28.5. The minimum absolute atomic E-state index is 0.0168. The van der Waals surface area contributed by atoms with E-state index in [9.17, 15) is 14.7 Å². The topological polar surface area (TPSA) is 76.1 Å². The number of rotatable bonds is 32. The van der Waals surface area contributed by atoms with E-state index in [4.69, 9.17) is 9.47 Å². The van der Waals surface area contributed by atoms with Gasteiger partial charge < -0.3 is 19.5 Å². The average molecular weight is 598 g/mol. The van der Waals surface area contributed by atoms with Crippen LogP contribution in [0, 0.1) is 0 Å². The first-order valence-electron chi connectivity index (χ1n) is 18.2. The minimum atomic E-state index is -0.0818. The number of hydrogen-bond acceptors (Lipinski definition) is 6. The summed E-state index contributed by atoms with van der Waals surface area (Å²) in [5.41, 5.74) is 0. The lowest BCUT2D eigenvalue weighted by Gasteiger charge is -2.21. The Labute approximate surface area is 261 Å². The van der Waals surface area contributed by atoms with Crippen molar-refractivity contribution in [2.45, 2.75) is 194 Å². The maximum Gasteiger partial charge on any atom is 0.306 e. The Morgan fingerprint density at radius 3 is 1.57 bits per heavy atom. The van der Waals surface area contributed by atoms with Crippen LogP contribution >= 0.6 is 0 Å². The largest absolute Gasteiger partial charge is 0.462 e. The van der Waals surface area contributed by atoms with Crippen molar-refractivity contribution in [1.29, 1.82) is 0 Å². The Hall–Kier alpha value is -1.14. The van der Waals surface area contributed by atoms with Crippen molar-refractivity contribution in [2.24, 2.45) is 0 Å². The molecule has 0 aromatic rings. The fourth-order valence-corrected chi connectivity index (χ4v) is 5.55. The number of carbonyl (C=O) groups is 2. The number of carbonyl (C=O) groups excluding carboxylic acids is 2. The molecule has 0 rings (SSSR count). The molecule has 0 aliphatic carbocycles. The molecule has 2 unspecified atom stereocenters. The van der Waals surface area contributed by atoms with Gasteiger partial charge in [-0.3, -0.25) is 9.59 Å². The zero-order valence-electron chi connectivity index (χ0n) is 28.5. The second-order valence-corrected chi connectivity index (χ2v) is 12.4. The molecule has 250 valence electrons. The number of esters is 2. The van der Waals surface area contributed by atoms with Crippen molar-refractivity contribution in [3.05, 3.63) is 0 Å². The maximum atomic E-state index is 12.4. The van der Waals surface area contributed by atoms with Crippen LogP contribution < -0.4 is 0 Å². The Bertz CT molecular complexity index is 599. The number of ether oxygens (including phenoxy) is 2. The lowest BCUT2D eigenvalue weighted by molar-refractivity contribution is -0.150. The molecule has 0 saturated heterocycles. The molecule has 0 spiro atoms. The molecule has 1 N–H and O–H groups in total. The van der Waals surface area contributed by atoms with Gasteiger partial charge in [0.2, 0.25) is 0 Å².